The number of thiocarbonyl (C=S) groups is 1. The van der Waals surface area contributed by atoms with Crippen LogP contribution in [0.3, 0.4) is 0 Å². The Kier molecular flexibility index (Phi) is 5.63. The molecule has 7 heteroatoms. The molecule has 1 atom stereocenters. The number of carbonyl (C=O) groups excluding carboxylic acids is 2. The molecule has 0 saturated heterocycles. The number of rotatable bonds is 4. The summed E-state index contributed by atoms with van der Waals surface area (Å²) < 4.78 is 14.5. The lowest BCUT2D eigenvalue weighted by molar-refractivity contribution is -0.118. The Labute approximate surface area is 178 Å². The van der Waals surface area contributed by atoms with Gasteiger partial charge in [-0.2, -0.15) is 0 Å². The number of benzene rings is 2. The highest BCUT2D eigenvalue weighted by Crippen LogP contribution is 2.25. The summed E-state index contributed by atoms with van der Waals surface area (Å²) in [5.41, 5.74) is 2.25. The maximum Gasteiger partial charge on any atom is 0.251 e. The van der Waals surface area contributed by atoms with Crippen LogP contribution < -0.4 is 10.6 Å². The molecule has 150 valence electrons. The van der Waals surface area contributed by atoms with E-state index < -0.39 is 11.9 Å². The van der Waals surface area contributed by atoms with E-state index in [1.807, 2.05) is 6.08 Å². The van der Waals surface area contributed by atoms with Gasteiger partial charge in [-0.05, 0) is 24.3 Å². The molecule has 0 fully saturated rings. The number of fused-ring (bicyclic) bond motifs is 1. The van der Waals surface area contributed by atoms with Gasteiger partial charge in [0.1, 0.15) is 11.9 Å². The van der Waals surface area contributed by atoms with Crippen molar-refractivity contribution in [1.82, 2.24) is 5.32 Å². The average Bonchev–Trinajstić information content (AvgIpc) is 2.88. The van der Waals surface area contributed by atoms with Crippen molar-refractivity contribution in [3.63, 3.8) is 0 Å². The number of halogens is 1. The van der Waals surface area contributed by atoms with Crippen molar-refractivity contribution in [3.8, 4) is 0 Å². The van der Waals surface area contributed by atoms with Gasteiger partial charge in [0.15, 0.2) is 0 Å². The van der Waals surface area contributed by atoms with Gasteiger partial charge in [-0.1, -0.05) is 54.7 Å². The number of aliphatic imine (C=N–C) groups is 1. The molecule has 1 aliphatic carbocycles. The van der Waals surface area contributed by atoms with Crippen LogP contribution in [0.25, 0.3) is 0 Å². The fourth-order valence-electron chi connectivity index (χ4n) is 3.32. The van der Waals surface area contributed by atoms with E-state index in [0.717, 1.165) is 0 Å². The van der Waals surface area contributed by atoms with Gasteiger partial charge in [-0.15, -0.1) is 0 Å². The first-order valence-electron chi connectivity index (χ1n) is 9.45. The minimum atomic E-state index is -0.920. The zero-order chi connectivity index (χ0) is 21.1. The summed E-state index contributed by atoms with van der Waals surface area (Å²) in [6.07, 6.45) is 5.79. The van der Waals surface area contributed by atoms with Crippen molar-refractivity contribution in [1.29, 1.82) is 0 Å². The highest BCUT2D eigenvalue weighted by molar-refractivity contribution is 7.80. The molecule has 2 N–H and O–H groups in total. The fourth-order valence-corrected chi connectivity index (χ4v) is 3.54. The van der Waals surface area contributed by atoms with Crippen LogP contribution >= 0.6 is 12.2 Å². The van der Waals surface area contributed by atoms with Crippen LogP contribution in [0.15, 0.2) is 77.3 Å². The van der Waals surface area contributed by atoms with Gasteiger partial charge < -0.3 is 10.6 Å². The molecule has 1 heterocycles. The monoisotopic (exact) mass is 419 g/mol. The van der Waals surface area contributed by atoms with Gasteiger partial charge in [0.2, 0.25) is 0 Å². The standard InChI is InChI=1S/C23H18FN3O2S/c24-18-10-3-1-8-16(18)21-17-9-2-4-11-19(17)27-23(29)20(26-21)13-25-22(28)14-6-5-7-15(30)12-14/h1-6,8-12,20H,7,13H2,(H,25,28)(H,27,29). The van der Waals surface area contributed by atoms with Crippen LogP contribution in [0.4, 0.5) is 10.1 Å². The van der Waals surface area contributed by atoms with Crippen molar-refractivity contribution in [3.05, 3.63) is 89.3 Å². The third-order valence-corrected chi connectivity index (χ3v) is 5.09. The number of para-hydroxylation sites is 1. The molecule has 1 aliphatic heterocycles. The number of benzodiazepines with no additional fused rings is 1. The summed E-state index contributed by atoms with van der Waals surface area (Å²) in [6.45, 7) is -0.0332. The van der Waals surface area contributed by atoms with Gasteiger partial charge in [0.25, 0.3) is 11.8 Å². The van der Waals surface area contributed by atoms with Gasteiger partial charge in [0, 0.05) is 34.5 Å². The van der Waals surface area contributed by atoms with Gasteiger partial charge >= 0.3 is 0 Å². The predicted octanol–water partition coefficient (Wildman–Crippen LogP) is 3.36. The van der Waals surface area contributed by atoms with E-state index >= 15 is 0 Å². The zero-order valence-electron chi connectivity index (χ0n) is 15.9. The molecule has 0 radical (unpaired) electrons. The Morgan fingerprint density at radius 1 is 1.17 bits per heavy atom. The zero-order valence-corrected chi connectivity index (χ0v) is 16.7. The van der Waals surface area contributed by atoms with Crippen LogP contribution in [0, 0.1) is 5.82 Å². The molecule has 2 aromatic carbocycles. The lowest BCUT2D eigenvalue weighted by Gasteiger charge is -2.14. The van der Waals surface area contributed by atoms with E-state index in [0.29, 0.717) is 39.4 Å². The van der Waals surface area contributed by atoms with E-state index in [4.69, 9.17) is 12.2 Å². The SMILES string of the molecule is O=C(NCC1N=C(c2ccccc2F)c2ccccc2NC1=O)C1=CC(=S)CC=C1. The molecule has 1 unspecified atom stereocenters. The van der Waals surface area contributed by atoms with Crippen LogP contribution in [-0.4, -0.2) is 35.0 Å². The van der Waals surface area contributed by atoms with Gasteiger partial charge in [-0.3, -0.25) is 14.6 Å². The molecule has 2 amide bonds. The molecule has 2 aliphatic rings. The van der Waals surface area contributed by atoms with Crippen molar-refractivity contribution >= 4 is 40.3 Å². The molecule has 30 heavy (non-hydrogen) atoms. The lowest BCUT2D eigenvalue weighted by atomic mass is 10.00. The second-order valence-electron chi connectivity index (χ2n) is 6.89. The Morgan fingerprint density at radius 2 is 1.90 bits per heavy atom. The first-order chi connectivity index (χ1) is 14.5. The highest BCUT2D eigenvalue weighted by Gasteiger charge is 2.27. The predicted molar refractivity (Wildman–Crippen MR) is 118 cm³/mol. The number of hydrogen-bond donors (Lipinski definition) is 2. The fraction of sp³-hybridized carbons (Fsp3) is 0.130. The molecular formula is C23H18FN3O2S. The van der Waals surface area contributed by atoms with Gasteiger partial charge in [-0.25, -0.2) is 4.39 Å². The van der Waals surface area contributed by atoms with E-state index in [1.165, 1.54) is 6.07 Å². The lowest BCUT2D eigenvalue weighted by Crippen LogP contribution is -2.39. The highest BCUT2D eigenvalue weighted by atomic mass is 32.1. The topological polar surface area (TPSA) is 70.6 Å². The number of nitrogens with zero attached hydrogens (tertiary/aromatic N) is 1. The number of allylic oxidation sites excluding steroid dienone is 2. The smallest absolute Gasteiger partial charge is 0.251 e. The summed E-state index contributed by atoms with van der Waals surface area (Å²) in [5, 5.41) is 5.56. The normalized spacial score (nSPS) is 18.0. The Balaban J connectivity index is 1.65. The van der Waals surface area contributed by atoms with Gasteiger partial charge in [0.05, 0.1) is 11.4 Å². The third-order valence-electron chi connectivity index (χ3n) is 4.81. The minimum Gasteiger partial charge on any atom is -0.349 e. The Hall–Kier alpha value is -3.45. The first kappa shape index (κ1) is 19.8. The van der Waals surface area contributed by atoms with Crippen molar-refractivity contribution < 1.29 is 14.0 Å². The number of nitrogens with one attached hydrogen (secondary N) is 2. The van der Waals surface area contributed by atoms with E-state index in [1.54, 1.807) is 54.6 Å². The molecule has 0 spiro atoms. The number of amides is 2. The van der Waals surface area contributed by atoms with Crippen LogP contribution in [0.1, 0.15) is 17.5 Å². The van der Waals surface area contributed by atoms with Crippen molar-refractivity contribution in [2.75, 3.05) is 11.9 Å². The summed E-state index contributed by atoms with van der Waals surface area (Å²) in [4.78, 5) is 30.5. The Bertz CT molecular complexity index is 1140. The number of anilines is 1. The second-order valence-corrected chi connectivity index (χ2v) is 7.42. The average molecular weight is 419 g/mol. The number of carbonyl (C=O) groups is 2. The minimum absolute atomic E-state index is 0.0332. The van der Waals surface area contributed by atoms with Crippen LogP contribution in [-0.2, 0) is 9.59 Å². The molecule has 2 aromatic rings. The van der Waals surface area contributed by atoms with Crippen molar-refractivity contribution in [2.24, 2.45) is 4.99 Å². The van der Waals surface area contributed by atoms with Crippen LogP contribution in [0.2, 0.25) is 0 Å². The molecule has 0 saturated carbocycles. The molecule has 4 rings (SSSR count). The molecule has 0 bridgehead atoms. The Morgan fingerprint density at radius 3 is 2.67 bits per heavy atom. The maximum absolute atomic E-state index is 14.5. The third kappa shape index (κ3) is 4.11. The van der Waals surface area contributed by atoms with E-state index in [2.05, 4.69) is 15.6 Å². The summed E-state index contributed by atoms with van der Waals surface area (Å²) in [7, 11) is 0. The first-order valence-corrected chi connectivity index (χ1v) is 9.86. The van der Waals surface area contributed by atoms with Crippen LogP contribution in [0.5, 0.6) is 0 Å². The van der Waals surface area contributed by atoms with Crippen molar-refractivity contribution in [2.45, 2.75) is 12.5 Å². The maximum atomic E-state index is 14.5. The molecule has 0 aromatic heterocycles. The largest absolute Gasteiger partial charge is 0.349 e. The number of hydrogen-bond acceptors (Lipinski definition) is 4. The summed E-state index contributed by atoms with van der Waals surface area (Å²) in [5.74, 6) is -1.16. The summed E-state index contributed by atoms with van der Waals surface area (Å²) in [6, 6.07) is 12.5. The second kappa shape index (κ2) is 8.51. The quantitative estimate of drug-likeness (QED) is 0.747. The van der Waals surface area contributed by atoms with E-state index in [9.17, 15) is 14.0 Å². The molecular weight excluding hydrogens is 401 g/mol. The summed E-state index contributed by atoms with van der Waals surface area (Å²) >= 11 is 5.14. The molecule has 5 nitrogen and oxygen atoms in total. The van der Waals surface area contributed by atoms with E-state index in [-0.39, 0.29) is 18.4 Å².